The summed E-state index contributed by atoms with van der Waals surface area (Å²) in [7, 11) is 0. The molecule has 9 heteroatoms. The number of thioether (sulfide) groups is 1. The van der Waals surface area contributed by atoms with E-state index in [0.717, 1.165) is 29.9 Å². The van der Waals surface area contributed by atoms with Gasteiger partial charge in [0.1, 0.15) is 0 Å². The maximum absolute atomic E-state index is 12.8. The molecule has 3 N–H and O–H groups in total. The summed E-state index contributed by atoms with van der Waals surface area (Å²) in [5.41, 5.74) is 4.87. The number of alkyl halides is 3. The second-order valence-corrected chi connectivity index (χ2v) is 7.15. The lowest BCUT2D eigenvalue weighted by Crippen LogP contribution is -2.24. The Bertz CT molecular complexity index is 800. The average molecular weight is 389 g/mol. The second kappa shape index (κ2) is 8.09. The van der Waals surface area contributed by atoms with E-state index in [2.05, 4.69) is 16.4 Å². The number of thiazole rings is 1. The van der Waals surface area contributed by atoms with Crippen molar-refractivity contribution >= 4 is 44.9 Å². The Morgan fingerprint density at radius 3 is 2.76 bits per heavy atom. The molecule has 0 spiro atoms. The van der Waals surface area contributed by atoms with E-state index in [1.54, 1.807) is 11.8 Å². The number of nitrogens with one attached hydrogen (secondary N) is 1. The Labute approximate surface area is 151 Å². The minimum atomic E-state index is -4.51. The third-order valence-corrected chi connectivity index (χ3v) is 5.41. The van der Waals surface area contributed by atoms with Gasteiger partial charge in [0.05, 0.1) is 21.5 Å². The second-order valence-electron chi connectivity index (χ2n) is 5.22. The van der Waals surface area contributed by atoms with Gasteiger partial charge in [-0.15, -0.1) is 23.1 Å². The van der Waals surface area contributed by atoms with E-state index in [0.29, 0.717) is 17.7 Å². The molecular formula is C16H18F3N3OS2. The molecule has 0 fully saturated rings. The number of carbonyl (C=O) groups is 1. The monoisotopic (exact) mass is 389 g/mol. The smallest absolute Gasteiger partial charge is 0.398 e. The maximum Gasteiger partial charge on any atom is 0.416 e. The number of carbonyl (C=O) groups excluding carboxylic acids is 1. The van der Waals surface area contributed by atoms with Crippen LogP contribution in [0.2, 0.25) is 0 Å². The molecule has 1 aromatic carbocycles. The number of hydrogen-bond acceptors (Lipinski definition) is 5. The van der Waals surface area contributed by atoms with Crippen molar-refractivity contribution in [3.63, 3.8) is 0 Å². The predicted molar refractivity (Wildman–Crippen MR) is 97.9 cm³/mol. The van der Waals surface area contributed by atoms with Gasteiger partial charge in [0, 0.05) is 6.54 Å². The molecule has 25 heavy (non-hydrogen) atoms. The minimum Gasteiger partial charge on any atom is -0.398 e. The number of hydrogen-bond donors (Lipinski definition) is 2. The average Bonchev–Trinajstić information content (AvgIpc) is 2.98. The van der Waals surface area contributed by atoms with Crippen LogP contribution in [0, 0.1) is 0 Å². The van der Waals surface area contributed by atoms with E-state index >= 15 is 0 Å². The number of fused-ring (bicyclic) bond motifs is 1. The minimum absolute atomic E-state index is 0.0306. The number of benzene rings is 1. The Morgan fingerprint density at radius 2 is 2.16 bits per heavy atom. The van der Waals surface area contributed by atoms with Crippen molar-refractivity contribution in [2.24, 2.45) is 0 Å². The summed E-state index contributed by atoms with van der Waals surface area (Å²) < 4.78 is 38.9. The van der Waals surface area contributed by atoms with Crippen LogP contribution in [0.4, 0.5) is 18.9 Å². The number of allylic oxidation sites excluding steroid dienone is 1. The number of halogens is 3. The van der Waals surface area contributed by atoms with Crippen LogP contribution in [0.25, 0.3) is 10.2 Å². The van der Waals surface area contributed by atoms with E-state index in [4.69, 9.17) is 5.73 Å². The first-order valence-electron chi connectivity index (χ1n) is 7.54. The van der Waals surface area contributed by atoms with E-state index < -0.39 is 17.6 Å². The van der Waals surface area contributed by atoms with E-state index in [-0.39, 0.29) is 16.2 Å². The molecule has 0 aliphatic heterocycles. The maximum atomic E-state index is 12.8. The summed E-state index contributed by atoms with van der Waals surface area (Å²) in [6, 6.07) is 1.78. The molecular weight excluding hydrogens is 371 g/mol. The Kier molecular flexibility index (Phi) is 6.34. The molecule has 1 aromatic heterocycles. The third kappa shape index (κ3) is 4.88. The van der Waals surface area contributed by atoms with Crippen molar-refractivity contribution in [3.8, 4) is 0 Å². The van der Waals surface area contributed by atoms with Gasteiger partial charge in [-0.05, 0) is 36.1 Å². The molecule has 136 valence electrons. The summed E-state index contributed by atoms with van der Waals surface area (Å²) in [5.74, 6) is -0.411. The number of rotatable bonds is 6. The summed E-state index contributed by atoms with van der Waals surface area (Å²) in [5, 5.41) is 2.84. The quantitative estimate of drug-likeness (QED) is 0.704. The van der Waals surface area contributed by atoms with Crippen LogP contribution in [-0.4, -0.2) is 23.7 Å². The number of amides is 1. The van der Waals surface area contributed by atoms with Crippen LogP contribution >= 0.6 is 23.1 Å². The van der Waals surface area contributed by atoms with Gasteiger partial charge in [-0.1, -0.05) is 13.0 Å². The van der Waals surface area contributed by atoms with Gasteiger partial charge < -0.3 is 11.1 Å². The highest BCUT2D eigenvalue weighted by molar-refractivity contribution is 8.02. The van der Waals surface area contributed by atoms with Crippen molar-refractivity contribution in [3.05, 3.63) is 33.7 Å². The highest BCUT2D eigenvalue weighted by Crippen LogP contribution is 2.36. The lowest BCUT2D eigenvalue weighted by atomic mass is 10.2. The zero-order chi connectivity index (χ0) is 18.6. The van der Waals surface area contributed by atoms with Crippen molar-refractivity contribution in [2.75, 3.05) is 18.5 Å². The van der Waals surface area contributed by atoms with Gasteiger partial charge in [0.2, 0.25) is 0 Å². The highest BCUT2D eigenvalue weighted by atomic mass is 32.2. The lowest BCUT2D eigenvalue weighted by Gasteiger charge is -2.07. The van der Waals surface area contributed by atoms with E-state index in [1.165, 1.54) is 4.91 Å². The SMILES string of the molecule is CC/C=C(/CCNC(=O)c1nc2cc(C(F)(F)F)cc(N)c2s1)SC. The molecule has 0 unspecified atom stereocenters. The fraction of sp³-hybridized carbons (Fsp3) is 0.375. The van der Waals surface area contributed by atoms with Gasteiger partial charge in [0.15, 0.2) is 5.01 Å². The number of aromatic nitrogens is 1. The normalized spacial score (nSPS) is 12.6. The van der Waals surface area contributed by atoms with Crippen LogP contribution in [0.1, 0.15) is 35.1 Å². The highest BCUT2D eigenvalue weighted by Gasteiger charge is 2.32. The first-order chi connectivity index (χ1) is 11.8. The molecule has 1 amide bonds. The number of nitrogens with zero attached hydrogens (tertiary/aromatic N) is 1. The van der Waals surface area contributed by atoms with Gasteiger partial charge in [-0.3, -0.25) is 4.79 Å². The molecule has 4 nitrogen and oxygen atoms in total. The summed E-state index contributed by atoms with van der Waals surface area (Å²) >= 11 is 2.62. The van der Waals surface area contributed by atoms with E-state index in [1.807, 2.05) is 13.2 Å². The zero-order valence-electron chi connectivity index (χ0n) is 13.7. The summed E-state index contributed by atoms with van der Waals surface area (Å²) in [4.78, 5) is 17.4. The number of nitrogens with two attached hydrogens (primary N) is 1. The van der Waals surface area contributed by atoms with Crippen molar-refractivity contribution in [1.82, 2.24) is 10.3 Å². The molecule has 1 heterocycles. The predicted octanol–water partition coefficient (Wildman–Crippen LogP) is 4.67. The van der Waals surface area contributed by atoms with Crippen molar-refractivity contribution in [1.29, 1.82) is 0 Å². The zero-order valence-corrected chi connectivity index (χ0v) is 15.4. The topological polar surface area (TPSA) is 68.0 Å². The lowest BCUT2D eigenvalue weighted by molar-refractivity contribution is -0.137. The standard InChI is InChI=1S/C16H18F3N3OS2/c1-3-4-10(24-2)5-6-21-14(23)15-22-12-8-9(16(17,18)19)7-11(20)13(12)25-15/h4,7-8H,3,5-6,20H2,1-2H3,(H,21,23)/b10-4-. The van der Waals surface area contributed by atoms with Gasteiger partial charge >= 0.3 is 6.18 Å². The Balaban J connectivity index is 2.14. The first kappa shape index (κ1) is 19.6. The van der Waals surface area contributed by atoms with Crippen molar-refractivity contribution < 1.29 is 18.0 Å². The molecule has 0 aliphatic carbocycles. The van der Waals surface area contributed by atoms with Crippen LogP contribution in [0.5, 0.6) is 0 Å². The third-order valence-electron chi connectivity index (χ3n) is 3.39. The van der Waals surface area contributed by atoms with Crippen LogP contribution < -0.4 is 11.1 Å². The number of anilines is 1. The molecule has 0 saturated carbocycles. The van der Waals surface area contributed by atoms with E-state index in [9.17, 15) is 18.0 Å². The van der Waals surface area contributed by atoms with Crippen LogP contribution in [0.15, 0.2) is 23.1 Å². The fourth-order valence-electron chi connectivity index (χ4n) is 2.21. The fourth-order valence-corrected chi connectivity index (χ4v) is 3.74. The number of nitrogen functional groups attached to an aromatic ring is 1. The van der Waals surface area contributed by atoms with Crippen LogP contribution in [0.3, 0.4) is 0 Å². The summed E-state index contributed by atoms with van der Waals surface area (Å²) in [6.45, 7) is 2.47. The summed E-state index contributed by atoms with van der Waals surface area (Å²) in [6.07, 6.45) is 1.18. The van der Waals surface area contributed by atoms with Gasteiger partial charge in [0.25, 0.3) is 5.91 Å². The first-order valence-corrected chi connectivity index (χ1v) is 9.58. The van der Waals surface area contributed by atoms with Gasteiger partial charge in [-0.2, -0.15) is 13.2 Å². The van der Waals surface area contributed by atoms with Gasteiger partial charge in [-0.25, -0.2) is 4.98 Å². The molecule has 0 aliphatic rings. The Morgan fingerprint density at radius 1 is 1.44 bits per heavy atom. The molecule has 2 aromatic rings. The molecule has 0 atom stereocenters. The molecule has 0 bridgehead atoms. The molecule has 0 saturated heterocycles. The molecule has 0 radical (unpaired) electrons. The van der Waals surface area contributed by atoms with Crippen molar-refractivity contribution in [2.45, 2.75) is 25.9 Å². The molecule has 2 rings (SSSR count). The largest absolute Gasteiger partial charge is 0.416 e. The van der Waals surface area contributed by atoms with Crippen LogP contribution in [-0.2, 0) is 6.18 Å². The Hall–Kier alpha value is -1.74.